The number of hydrogen-bond acceptors (Lipinski definition) is 5. The van der Waals surface area contributed by atoms with Crippen LogP contribution in [-0.2, 0) is 4.79 Å². The van der Waals surface area contributed by atoms with Crippen molar-refractivity contribution in [3.8, 4) is 5.75 Å². The Morgan fingerprint density at radius 3 is 2.68 bits per heavy atom. The maximum absolute atomic E-state index is 13.7. The highest BCUT2D eigenvalue weighted by Gasteiger charge is 2.24. The molecule has 1 aliphatic heterocycles. The molecule has 8 heteroatoms. The van der Waals surface area contributed by atoms with Crippen molar-refractivity contribution in [3.05, 3.63) is 64.3 Å². The zero-order chi connectivity index (χ0) is 18.0. The fourth-order valence-corrected chi connectivity index (χ4v) is 2.93. The minimum Gasteiger partial charge on any atom is -0.507 e. The average molecular weight is 358 g/mol. The number of nitrogens with zero attached hydrogens (tertiary/aromatic N) is 1. The van der Waals surface area contributed by atoms with Gasteiger partial charge in [0.1, 0.15) is 17.1 Å². The van der Waals surface area contributed by atoms with Crippen molar-refractivity contribution in [1.82, 2.24) is 5.32 Å². The van der Waals surface area contributed by atoms with Gasteiger partial charge in [-0.15, -0.1) is 0 Å². The number of amides is 1. The second-order valence-corrected chi connectivity index (χ2v) is 6.04. The van der Waals surface area contributed by atoms with Gasteiger partial charge in [0.25, 0.3) is 5.91 Å². The molecule has 1 heterocycles. The lowest BCUT2D eigenvalue weighted by atomic mass is 10.2. The zero-order valence-electron chi connectivity index (χ0n) is 12.6. The molecule has 0 aromatic heterocycles. The summed E-state index contributed by atoms with van der Waals surface area (Å²) >= 11 is 1.02. The number of thioether (sulfide) groups is 1. The van der Waals surface area contributed by atoms with Crippen LogP contribution in [0.15, 0.2) is 52.4 Å². The molecule has 126 valence electrons. The number of amidine groups is 1. The van der Waals surface area contributed by atoms with Crippen molar-refractivity contribution < 1.29 is 24.2 Å². The second kappa shape index (κ2) is 6.78. The standard InChI is InChI=1S/C17H11FN2O4S/c18-12-4-2-1-3-9(12)7-14-15(22)20-17(25-14)19-10-5-6-11(16(23)24)13(21)8-10/h1-8,21H,(H,23,24)(H,19,20,22)/b14-7-. The zero-order valence-corrected chi connectivity index (χ0v) is 13.4. The Hall–Kier alpha value is -3.13. The molecule has 0 unspecified atom stereocenters. The van der Waals surface area contributed by atoms with Gasteiger partial charge >= 0.3 is 5.97 Å². The Morgan fingerprint density at radius 2 is 2.00 bits per heavy atom. The van der Waals surface area contributed by atoms with Crippen LogP contribution in [0.3, 0.4) is 0 Å². The van der Waals surface area contributed by atoms with Crippen LogP contribution < -0.4 is 5.32 Å². The molecule has 2 aromatic carbocycles. The van der Waals surface area contributed by atoms with Crippen molar-refractivity contribution in [2.45, 2.75) is 0 Å². The first-order valence-corrected chi connectivity index (χ1v) is 7.86. The fourth-order valence-electron chi connectivity index (χ4n) is 2.10. The molecule has 0 aliphatic carbocycles. The van der Waals surface area contributed by atoms with E-state index in [1.807, 2.05) is 0 Å². The van der Waals surface area contributed by atoms with E-state index in [1.165, 1.54) is 30.3 Å². The van der Waals surface area contributed by atoms with Gasteiger partial charge in [-0.1, -0.05) is 18.2 Å². The molecule has 1 saturated heterocycles. The lowest BCUT2D eigenvalue weighted by molar-refractivity contribution is -0.115. The van der Waals surface area contributed by atoms with Gasteiger partial charge in [0.15, 0.2) is 5.17 Å². The minimum absolute atomic E-state index is 0.243. The van der Waals surface area contributed by atoms with Gasteiger partial charge in [0, 0.05) is 11.6 Å². The summed E-state index contributed by atoms with van der Waals surface area (Å²) in [6.07, 6.45) is 1.42. The molecular weight excluding hydrogens is 347 g/mol. The number of rotatable bonds is 3. The van der Waals surface area contributed by atoms with Crippen LogP contribution >= 0.6 is 11.8 Å². The second-order valence-electron chi connectivity index (χ2n) is 5.01. The number of aliphatic imine (C=N–C) groups is 1. The molecule has 2 aromatic rings. The number of halogens is 1. The number of phenols is 1. The first-order chi connectivity index (χ1) is 11.9. The number of aromatic hydroxyl groups is 1. The number of carbonyl (C=O) groups excluding carboxylic acids is 1. The topological polar surface area (TPSA) is 99.0 Å². The van der Waals surface area contributed by atoms with Crippen LogP contribution in [0.2, 0.25) is 0 Å². The van der Waals surface area contributed by atoms with E-state index in [0.29, 0.717) is 0 Å². The van der Waals surface area contributed by atoms with Crippen LogP contribution in [0.25, 0.3) is 6.08 Å². The predicted octanol–water partition coefficient (Wildman–Crippen LogP) is 3.12. The highest BCUT2D eigenvalue weighted by molar-refractivity contribution is 8.18. The van der Waals surface area contributed by atoms with Gasteiger partial charge in [-0.05, 0) is 36.0 Å². The summed E-state index contributed by atoms with van der Waals surface area (Å²) < 4.78 is 13.7. The fraction of sp³-hybridized carbons (Fsp3) is 0. The lowest BCUT2D eigenvalue weighted by Gasteiger charge is -2.01. The van der Waals surface area contributed by atoms with E-state index in [1.54, 1.807) is 18.2 Å². The summed E-state index contributed by atoms with van der Waals surface area (Å²) in [5.74, 6) is -2.54. The summed E-state index contributed by atoms with van der Waals surface area (Å²) in [4.78, 5) is 27.3. The molecule has 3 N–H and O–H groups in total. The summed E-state index contributed by atoms with van der Waals surface area (Å²) in [5.41, 5.74) is 0.314. The SMILES string of the molecule is O=C1NC(=Nc2ccc(C(=O)O)c(O)c2)S/C1=C\c1ccccc1F. The van der Waals surface area contributed by atoms with Gasteiger partial charge < -0.3 is 15.5 Å². The van der Waals surface area contributed by atoms with Crippen molar-refractivity contribution in [1.29, 1.82) is 0 Å². The van der Waals surface area contributed by atoms with Crippen molar-refractivity contribution in [2.24, 2.45) is 4.99 Å². The number of aromatic carboxylic acids is 1. The Labute approximate surface area is 145 Å². The molecule has 0 radical (unpaired) electrons. The predicted molar refractivity (Wildman–Crippen MR) is 92.3 cm³/mol. The summed E-state index contributed by atoms with van der Waals surface area (Å²) in [6, 6.07) is 9.87. The monoisotopic (exact) mass is 358 g/mol. The Kier molecular flexibility index (Phi) is 4.53. The molecule has 1 fully saturated rings. The third-order valence-corrected chi connectivity index (χ3v) is 4.19. The highest BCUT2D eigenvalue weighted by Crippen LogP contribution is 2.30. The van der Waals surface area contributed by atoms with Crippen LogP contribution in [0, 0.1) is 5.82 Å². The van der Waals surface area contributed by atoms with Gasteiger partial charge in [-0.25, -0.2) is 14.2 Å². The quantitative estimate of drug-likeness (QED) is 0.732. The van der Waals surface area contributed by atoms with Crippen LogP contribution in [-0.4, -0.2) is 27.3 Å². The minimum atomic E-state index is -1.25. The molecule has 0 bridgehead atoms. The summed E-state index contributed by atoms with van der Waals surface area (Å²) in [6.45, 7) is 0. The van der Waals surface area contributed by atoms with E-state index >= 15 is 0 Å². The molecule has 6 nitrogen and oxygen atoms in total. The summed E-state index contributed by atoms with van der Waals surface area (Å²) in [7, 11) is 0. The van der Waals surface area contributed by atoms with Crippen LogP contribution in [0.1, 0.15) is 15.9 Å². The molecular formula is C17H11FN2O4S. The molecule has 0 atom stereocenters. The molecule has 1 amide bonds. The van der Waals surface area contributed by atoms with Gasteiger partial charge in [0.2, 0.25) is 0 Å². The normalized spacial score (nSPS) is 17.1. The smallest absolute Gasteiger partial charge is 0.339 e. The van der Waals surface area contributed by atoms with E-state index in [-0.39, 0.29) is 26.9 Å². The van der Waals surface area contributed by atoms with Crippen molar-refractivity contribution in [2.75, 3.05) is 0 Å². The maximum Gasteiger partial charge on any atom is 0.339 e. The maximum atomic E-state index is 13.7. The lowest BCUT2D eigenvalue weighted by Crippen LogP contribution is -2.19. The number of carboxylic acids is 1. The van der Waals surface area contributed by atoms with E-state index in [2.05, 4.69) is 10.3 Å². The number of benzene rings is 2. The van der Waals surface area contributed by atoms with E-state index in [4.69, 9.17) is 5.11 Å². The number of nitrogens with one attached hydrogen (secondary N) is 1. The molecule has 25 heavy (non-hydrogen) atoms. The van der Waals surface area contributed by atoms with Gasteiger partial charge in [0.05, 0.1) is 10.6 Å². The highest BCUT2D eigenvalue weighted by atomic mass is 32.2. The van der Waals surface area contributed by atoms with E-state index < -0.39 is 23.4 Å². The Bertz CT molecular complexity index is 940. The summed E-state index contributed by atoms with van der Waals surface area (Å²) in [5, 5.41) is 21.3. The molecule has 0 spiro atoms. The third kappa shape index (κ3) is 3.69. The molecule has 0 saturated carbocycles. The first kappa shape index (κ1) is 16.7. The van der Waals surface area contributed by atoms with Gasteiger partial charge in [-0.3, -0.25) is 4.79 Å². The third-order valence-electron chi connectivity index (χ3n) is 3.29. The first-order valence-electron chi connectivity index (χ1n) is 7.04. The van der Waals surface area contributed by atoms with Crippen LogP contribution in [0.5, 0.6) is 5.75 Å². The molecule has 3 rings (SSSR count). The van der Waals surface area contributed by atoms with Gasteiger partial charge in [-0.2, -0.15) is 0 Å². The number of carboxylic acid groups (broad SMARTS) is 1. The molecule has 1 aliphatic rings. The van der Waals surface area contributed by atoms with E-state index in [0.717, 1.165) is 11.8 Å². The average Bonchev–Trinajstić information content (AvgIpc) is 2.89. The largest absolute Gasteiger partial charge is 0.507 e. The number of hydrogen-bond donors (Lipinski definition) is 3. The number of carbonyl (C=O) groups is 2. The Morgan fingerprint density at radius 1 is 1.24 bits per heavy atom. The van der Waals surface area contributed by atoms with Crippen molar-refractivity contribution in [3.63, 3.8) is 0 Å². The van der Waals surface area contributed by atoms with Crippen molar-refractivity contribution >= 4 is 40.6 Å². The van der Waals surface area contributed by atoms with Crippen LogP contribution in [0.4, 0.5) is 10.1 Å². The Balaban J connectivity index is 1.85. The van der Waals surface area contributed by atoms with E-state index in [9.17, 15) is 19.1 Å².